The summed E-state index contributed by atoms with van der Waals surface area (Å²) in [6.07, 6.45) is -5.84. The number of nitrogens with one attached hydrogen (secondary N) is 2. The second-order valence-corrected chi connectivity index (χ2v) is 6.73. The molecule has 0 radical (unpaired) electrons. The maximum absolute atomic E-state index is 12.8. The lowest BCUT2D eigenvalue weighted by molar-refractivity contribution is -0.153. The van der Waals surface area contributed by atoms with Gasteiger partial charge in [-0.3, -0.25) is 14.4 Å². The molecule has 31 heavy (non-hydrogen) atoms. The van der Waals surface area contributed by atoms with Gasteiger partial charge in [0.1, 0.15) is 5.82 Å². The van der Waals surface area contributed by atoms with Crippen molar-refractivity contribution >= 4 is 28.5 Å². The number of amides is 1. The van der Waals surface area contributed by atoms with E-state index in [9.17, 15) is 27.6 Å². The van der Waals surface area contributed by atoms with E-state index in [1.807, 2.05) is 0 Å². The molecule has 0 saturated carbocycles. The fourth-order valence-corrected chi connectivity index (χ4v) is 2.80. The van der Waals surface area contributed by atoms with Crippen molar-refractivity contribution < 1.29 is 27.5 Å². The first-order valence-corrected chi connectivity index (χ1v) is 9.29. The van der Waals surface area contributed by atoms with E-state index >= 15 is 0 Å². The normalized spacial score (nSPS) is 12.4. The van der Waals surface area contributed by atoms with Crippen molar-refractivity contribution in [2.45, 2.75) is 32.0 Å². The smallest absolute Gasteiger partial charge is 0.416 e. The van der Waals surface area contributed by atoms with Crippen LogP contribution >= 0.6 is 0 Å². The van der Waals surface area contributed by atoms with Gasteiger partial charge in [0.2, 0.25) is 0 Å². The standard InChI is InChI=1S/C21H18F3N3O4/c1-12(19(29)25-14-6-4-5-13(11-14)21(22,23)24)31-18(28)10-9-17-26-16-8-3-2-7-15(16)20(30)27-17/h2-8,11-12H,9-10H2,1H3,(H,25,29)(H,26,27,30)/t12-/m0/s1. The van der Waals surface area contributed by atoms with Crippen LogP contribution in [-0.4, -0.2) is 27.9 Å². The van der Waals surface area contributed by atoms with Crippen molar-refractivity contribution in [3.8, 4) is 0 Å². The predicted molar refractivity (Wildman–Crippen MR) is 106 cm³/mol. The highest BCUT2D eigenvalue weighted by atomic mass is 19.4. The van der Waals surface area contributed by atoms with Crippen molar-refractivity contribution in [2.24, 2.45) is 0 Å². The second-order valence-electron chi connectivity index (χ2n) is 6.73. The van der Waals surface area contributed by atoms with E-state index in [4.69, 9.17) is 4.74 Å². The Morgan fingerprint density at radius 2 is 1.90 bits per heavy atom. The van der Waals surface area contributed by atoms with E-state index in [0.29, 0.717) is 16.7 Å². The average Bonchev–Trinajstić information content (AvgIpc) is 2.72. The lowest BCUT2D eigenvalue weighted by atomic mass is 10.2. The molecular weight excluding hydrogens is 415 g/mol. The summed E-state index contributed by atoms with van der Waals surface area (Å²) < 4.78 is 43.3. The number of nitrogens with zero attached hydrogens (tertiary/aromatic N) is 1. The number of halogens is 3. The summed E-state index contributed by atoms with van der Waals surface area (Å²) in [5.74, 6) is -1.20. The van der Waals surface area contributed by atoms with Crippen molar-refractivity contribution in [2.75, 3.05) is 5.32 Å². The number of fused-ring (bicyclic) bond motifs is 1. The molecule has 1 atom stereocenters. The van der Waals surface area contributed by atoms with E-state index in [-0.39, 0.29) is 24.1 Å². The molecule has 162 valence electrons. The number of carbonyl (C=O) groups is 2. The Kier molecular flexibility index (Phi) is 6.38. The third kappa shape index (κ3) is 5.68. The molecule has 3 aromatic rings. The van der Waals surface area contributed by atoms with Crippen LogP contribution in [0.15, 0.2) is 53.3 Å². The van der Waals surface area contributed by atoms with E-state index in [1.54, 1.807) is 24.3 Å². The minimum atomic E-state index is -4.55. The molecule has 0 aliphatic rings. The van der Waals surface area contributed by atoms with Crippen LogP contribution in [0.3, 0.4) is 0 Å². The molecule has 2 N–H and O–H groups in total. The number of carbonyl (C=O) groups excluding carboxylic acids is 2. The van der Waals surface area contributed by atoms with E-state index in [2.05, 4.69) is 15.3 Å². The number of hydrogen-bond acceptors (Lipinski definition) is 5. The van der Waals surface area contributed by atoms with Crippen molar-refractivity contribution in [3.63, 3.8) is 0 Å². The Morgan fingerprint density at radius 3 is 2.65 bits per heavy atom. The fourth-order valence-electron chi connectivity index (χ4n) is 2.80. The molecule has 0 fully saturated rings. The van der Waals surface area contributed by atoms with Crippen LogP contribution in [-0.2, 0) is 26.9 Å². The molecular formula is C21H18F3N3O4. The molecule has 0 aliphatic carbocycles. The number of ether oxygens (including phenoxy) is 1. The molecule has 10 heteroatoms. The van der Waals surface area contributed by atoms with Crippen LogP contribution < -0.4 is 10.9 Å². The number of anilines is 1. The summed E-state index contributed by atoms with van der Waals surface area (Å²) >= 11 is 0. The van der Waals surface area contributed by atoms with Gasteiger partial charge in [-0.05, 0) is 37.3 Å². The number of aromatic amines is 1. The average molecular weight is 433 g/mol. The van der Waals surface area contributed by atoms with Gasteiger partial charge in [-0.25, -0.2) is 4.98 Å². The Labute approximate surface area is 174 Å². The first kappa shape index (κ1) is 22.0. The molecule has 0 bridgehead atoms. The van der Waals surface area contributed by atoms with Gasteiger partial charge in [0.15, 0.2) is 6.10 Å². The summed E-state index contributed by atoms with van der Waals surface area (Å²) in [5.41, 5.74) is -0.821. The number of H-pyrrole nitrogens is 1. The minimum Gasteiger partial charge on any atom is -0.453 e. The van der Waals surface area contributed by atoms with Gasteiger partial charge in [-0.15, -0.1) is 0 Å². The molecule has 1 aromatic heterocycles. The van der Waals surface area contributed by atoms with Crippen LogP contribution in [0.5, 0.6) is 0 Å². The highest BCUT2D eigenvalue weighted by Gasteiger charge is 2.30. The molecule has 1 heterocycles. The minimum absolute atomic E-state index is 0.0688. The quantitative estimate of drug-likeness (QED) is 0.580. The second kappa shape index (κ2) is 8.99. The Hall–Kier alpha value is -3.69. The SMILES string of the molecule is C[C@H](OC(=O)CCc1nc2ccccc2c(=O)[nH]1)C(=O)Nc1cccc(C(F)(F)F)c1. The number of esters is 1. The third-order valence-electron chi connectivity index (χ3n) is 4.36. The first-order chi connectivity index (χ1) is 14.6. The molecule has 0 aliphatic heterocycles. The van der Waals surface area contributed by atoms with Gasteiger partial charge < -0.3 is 15.0 Å². The molecule has 7 nitrogen and oxygen atoms in total. The van der Waals surface area contributed by atoms with Gasteiger partial charge in [-0.2, -0.15) is 13.2 Å². The van der Waals surface area contributed by atoms with Crippen molar-refractivity contribution in [1.82, 2.24) is 9.97 Å². The highest BCUT2D eigenvalue weighted by molar-refractivity contribution is 5.95. The van der Waals surface area contributed by atoms with Crippen LogP contribution in [0.2, 0.25) is 0 Å². The zero-order valence-electron chi connectivity index (χ0n) is 16.3. The van der Waals surface area contributed by atoms with Gasteiger partial charge in [0, 0.05) is 12.1 Å². The Bertz CT molecular complexity index is 1170. The van der Waals surface area contributed by atoms with E-state index < -0.39 is 29.7 Å². The molecule has 3 rings (SSSR count). The summed E-state index contributed by atoms with van der Waals surface area (Å²) in [7, 11) is 0. The van der Waals surface area contributed by atoms with Crippen LogP contribution in [0.1, 0.15) is 24.7 Å². The zero-order chi connectivity index (χ0) is 22.6. The van der Waals surface area contributed by atoms with Crippen molar-refractivity contribution in [1.29, 1.82) is 0 Å². The van der Waals surface area contributed by atoms with E-state index in [0.717, 1.165) is 18.2 Å². The lowest BCUT2D eigenvalue weighted by Crippen LogP contribution is -2.30. The summed E-state index contributed by atoms with van der Waals surface area (Å²) in [5, 5.41) is 2.71. The highest BCUT2D eigenvalue weighted by Crippen LogP contribution is 2.30. The lowest BCUT2D eigenvalue weighted by Gasteiger charge is -2.14. The topological polar surface area (TPSA) is 101 Å². The third-order valence-corrected chi connectivity index (χ3v) is 4.36. The van der Waals surface area contributed by atoms with E-state index in [1.165, 1.54) is 13.0 Å². The maximum atomic E-state index is 12.8. The summed E-state index contributed by atoms with van der Waals surface area (Å²) in [4.78, 5) is 43.1. The largest absolute Gasteiger partial charge is 0.453 e. The zero-order valence-corrected chi connectivity index (χ0v) is 16.3. The van der Waals surface area contributed by atoms with Crippen LogP contribution in [0.4, 0.5) is 18.9 Å². The molecule has 2 aromatic carbocycles. The van der Waals surface area contributed by atoms with Gasteiger partial charge in [0.05, 0.1) is 22.9 Å². The van der Waals surface area contributed by atoms with Gasteiger partial charge in [-0.1, -0.05) is 18.2 Å². The van der Waals surface area contributed by atoms with Crippen molar-refractivity contribution in [3.05, 3.63) is 70.3 Å². The van der Waals surface area contributed by atoms with Crippen LogP contribution in [0.25, 0.3) is 10.9 Å². The molecule has 0 saturated heterocycles. The number of rotatable bonds is 6. The Morgan fingerprint density at radius 1 is 1.16 bits per heavy atom. The fraction of sp³-hybridized carbons (Fsp3) is 0.238. The number of alkyl halides is 3. The number of aromatic nitrogens is 2. The monoisotopic (exact) mass is 433 g/mol. The predicted octanol–water partition coefficient (Wildman–Crippen LogP) is 3.44. The van der Waals surface area contributed by atoms with Crippen LogP contribution in [0, 0.1) is 0 Å². The maximum Gasteiger partial charge on any atom is 0.416 e. The number of para-hydroxylation sites is 1. The molecule has 0 spiro atoms. The first-order valence-electron chi connectivity index (χ1n) is 9.29. The summed E-state index contributed by atoms with van der Waals surface area (Å²) in [6.45, 7) is 1.30. The number of aryl methyl sites for hydroxylation is 1. The summed E-state index contributed by atoms with van der Waals surface area (Å²) in [6, 6.07) is 10.9. The number of hydrogen-bond donors (Lipinski definition) is 2. The van der Waals surface area contributed by atoms with Gasteiger partial charge >= 0.3 is 12.1 Å². The van der Waals surface area contributed by atoms with Gasteiger partial charge in [0.25, 0.3) is 11.5 Å². The number of benzene rings is 2. The Balaban J connectivity index is 1.56. The molecule has 0 unspecified atom stereocenters. The molecule has 1 amide bonds.